The highest BCUT2D eigenvalue weighted by Crippen LogP contribution is 2.48. The highest BCUT2D eigenvalue weighted by atomic mass is 32.2. The lowest BCUT2D eigenvalue weighted by Crippen LogP contribution is -2.47. The first-order chi connectivity index (χ1) is 13.9. The van der Waals surface area contributed by atoms with E-state index < -0.39 is 16.6 Å². The van der Waals surface area contributed by atoms with Gasteiger partial charge in [-0.25, -0.2) is 0 Å². The molecule has 2 aromatic rings. The fraction of sp³-hybridized carbons (Fsp3) is 0.409. The molecule has 0 unspecified atom stereocenters. The van der Waals surface area contributed by atoms with Crippen molar-refractivity contribution in [1.29, 1.82) is 0 Å². The molecule has 0 bridgehead atoms. The second-order valence-electron chi connectivity index (χ2n) is 7.87. The molecule has 154 valence electrons. The van der Waals surface area contributed by atoms with Gasteiger partial charge < -0.3 is 19.3 Å². The number of hydrogen-bond donors (Lipinski definition) is 0. The summed E-state index contributed by atoms with van der Waals surface area (Å²) < 4.78 is 16.6. The van der Waals surface area contributed by atoms with Gasteiger partial charge in [-0.3, -0.25) is 4.79 Å². The first kappa shape index (κ1) is 20.2. The van der Waals surface area contributed by atoms with Gasteiger partial charge in [-0.1, -0.05) is 48.5 Å². The zero-order valence-electron chi connectivity index (χ0n) is 16.7. The predicted octanol–water partition coefficient (Wildman–Crippen LogP) is 3.97. The Labute approximate surface area is 175 Å². The minimum Gasteiger partial charge on any atom is -0.369 e. The smallest absolute Gasteiger partial charge is 0.246 e. The summed E-state index contributed by atoms with van der Waals surface area (Å²) in [6.45, 7) is 6.47. The molecule has 4 rings (SSSR count). The number of fused-ring (bicyclic) bond motifs is 1. The van der Waals surface area contributed by atoms with Gasteiger partial charge in [-0.2, -0.15) is 0 Å². The van der Waals surface area contributed by atoms with E-state index in [1.807, 2.05) is 69.3 Å². The standard InChI is InChI=1S/C22H25NO5S/c1-21(2)23-18(15-26-21)19(25-14-16-10-6-4-7-11-16)22(3,20(23)24)29-28-27-17-12-8-5-9-13-17/h4-13,18-19H,14-15H2,1-3H3/t18-,19-,22-/m0/s1. The lowest BCUT2D eigenvalue weighted by Gasteiger charge is -2.31. The van der Waals surface area contributed by atoms with Crippen molar-refractivity contribution in [3.63, 3.8) is 0 Å². The van der Waals surface area contributed by atoms with Crippen LogP contribution in [-0.2, 0) is 25.2 Å². The van der Waals surface area contributed by atoms with E-state index in [2.05, 4.69) is 0 Å². The molecule has 2 heterocycles. The maximum absolute atomic E-state index is 13.4. The molecule has 7 heteroatoms. The van der Waals surface area contributed by atoms with E-state index in [9.17, 15) is 4.79 Å². The first-order valence-electron chi connectivity index (χ1n) is 9.62. The fourth-order valence-electron chi connectivity index (χ4n) is 3.90. The summed E-state index contributed by atoms with van der Waals surface area (Å²) in [6, 6.07) is 18.9. The Morgan fingerprint density at radius 2 is 1.72 bits per heavy atom. The van der Waals surface area contributed by atoms with Crippen LogP contribution in [0.15, 0.2) is 60.7 Å². The molecule has 3 atom stereocenters. The SMILES string of the molecule is CC1(C)OC[C@H]2[C@H](OCc3ccccc3)[C@](C)(SOOc3ccccc3)C(=O)N21. The largest absolute Gasteiger partial charge is 0.369 e. The molecular weight excluding hydrogens is 390 g/mol. The molecule has 2 aromatic carbocycles. The Kier molecular flexibility index (Phi) is 5.57. The van der Waals surface area contributed by atoms with E-state index in [0.717, 1.165) is 17.6 Å². The fourth-order valence-corrected chi connectivity index (χ4v) is 4.64. The van der Waals surface area contributed by atoms with Crippen LogP contribution in [-0.4, -0.2) is 40.0 Å². The third-order valence-corrected chi connectivity index (χ3v) is 6.30. The maximum Gasteiger partial charge on any atom is 0.246 e. The number of para-hydroxylation sites is 1. The van der Waals surface area contributed by atoms with Gasteiger partial charge in [-0.05, 0) is 38.5 Å². The minimum atomic E-state index is -0.963. The van der Waals surface area contributed by atoms with Crippen molar-refractivity contribution in [2.45, 2.75) is 50.0 Å². The molecule has 0 aromatic heterocycles. The van der Waals surface area contributed by atoms with Gasteiger partial charge in [0.2, 0.25) is 5.91 Å². The monoisotopic (exact) mass is 415 g/mol. The zero-order valence-corrected chi connectivity index (χ0v) is 17.6. The number of carbonyl (C=O) groups is 1. The predicted molar refractivity (Wildman–Crippen MR) is 110 cm³/mol. The maximum atomic E-state index is 13.4. The topological polar surface area (TPSA) is 57.2 Å². The lowest BCUT2D eigenvalue weighted by atomic mass is 10.0. The molecule has 0 radical (unpaired) electrons. The van der Waals surface area contributed by atoms with Crippen LogP contribution >= 0.6 is 12.0 Å². The van der Waals surface area contributed by atoms with E-state index in [4.69, 9.17) is 18.7 Å². The molecule has 6 nitrogen and oxygen atoms in total. The van der Waals surface area contributed by atoms with Gasteiger partial charge in [-0.15, -0.1) is 4.33 Å². The van der Waals surface area contributed by atoms with Crippen LogP contribution in [0.1, 0.15) is 26.3 Å². The number of carbonyl (C=O) groups excluding carboxylic acids is 1. The number of nitrogens with zero attached hydrogens (tertiary/aromatic N) is 1. The van der Waals surface area contributed by atoms with Crippen molar-refractivity contribution in [3.05, 3.63) is 66.2 Å². The molecule has 0 N–H and O–H groups in total. The summed E-state index contributed by atoms with van der Waals surface area (Å²) in [5.74, 6) is 0.490. The summed E-state index contributed by atoms with van der Waals surface area (Å²) in [4.78, 5) is 20.5. The number of benzene rings is 2. The van der Waals surface area contributed by atoms with Crippen LogP contribution < -0.4 is 4.89 Å². The summed E-state index contributed by atoms with van der Waals surface area (Å²) in [7, 11) is 0. The minimum absolute atomic E-state index is 0.0790. The summed E-state index contributed by atoms with van der Waals surface area (Å²) in [5.41, 5.74) is 0.361. The van der Waals surface area contributed by atoms with Crippen LogP contribution in [0.2, 0.25) is 0 Å². The van der Waals surface area contributed by atoms with Gasteiger partial charge in [0.15, 0.2) is 10.5 Å². The third-order valence-electron chi connectivity index (χ3n) is 5.41. The Bertz CT molecular complexity index is 847. The van der Waals surface area contributed by atoms with Crippen LogP contribution in [0.3, 0.4) is 0 Å². The van der Waals surface area contributed by atoms with Gasteiger partial charge in [0.05, 0.1) is 31.3 Å². The third kappa shape index (κ3) is 3.88. The second kappa shape index (κ2) is 7.99. The Hall–Kier alpha value is -2.06. The molecule has 0 spiro atoms. The average Bonchev–Trinajstić information content (AvgIpc) is 3.14. The van der Waals surface area contributed by atoms with Crippen molar-refractivity contribution in [2.24, 2.45) is 0 Å². The molecule has 2 fully saturated rings. The van der Waals surface area contributed by atoms with E-state index in [0.29, 0.717) is 19.0 Å². The molecule has 2 aliphatic heterocycles. The number of amides is 1. The van der Waals surface area contributed by atoms with Crippen LogP contribution in [0.4, 0.5) is 0 Å². The van der Waals surface area contributed by atoms with E-state index in [-0.39, 0.29) is 11.9 Å². The Morgan fingerprint density at radius 3 is 2.41 bits per heavy atom. The Morgan fingerprint density at radius 1 is 1.07 bits per heavy atom. The molecule has 0 aliphatic carbocycles. The Balaban J connectivity index is 1.52. The number of ether oxygens (including phenoxy) is 2. The van der Waals surface area contributed by atoms with Gasteiger partial charge in [0, 0.05) is 0 Å². The van der Waals surface area contributed by atoms with Gasteiger partial charge in [0.1, 0.15) is 11.8 Å². The van der Waals surface area contributed by atoms with Crippen molar-refractivity contribution in [3.8, 4) is 5.75 Å². The van der Waals surface area contributed by atoms with E-state index in [1.54, 1.807) is 17.0 Å². The van der Waals surface area contributed by atoms with Crippen LogP contribution in [0.25, 0.3) is 0 Å². The summed E-state index contributed by atoms with van der Waals surface area (Å²) in [5, 5.41) is 0. The average molecular weight is 416 g/mol. The van der Waals surface area contributed by atoms with E-state index >= 15 is 0 Å². The molecular formula is C22H25NO5S. The van der Waals surface area contributed by atoms with Crippen molar-refractivity contribution >= 4 is 17.9 Å². The zero-order chi connectivity index (χ0) is 20.5. The van der Waals surface area contributed by atoms with Crippen molar-refractivity contribution < 1.29 is 23.5 Å². The van der Waals surface area contributed by atoms with Crippen molar-refractivity contribution in [1.82, 2.24) is 4.90 Å². The van der Waals surface area contributed by atoms with Gasteiger partial charge >= 0.3 is 0 Å². The quantitative estimate of drug-likeness (QED) is 0.388. The van der Waals surface area contributed by atoms with Crippen LogP contribution in [0.5, 0.6) is 5.75 Å². The molecule has 1 amide bonds. The number of hydrogen-bond acceptors (Lipinski definition) is 6. The first-order valence-corrected chi connectivity index (χ1v) is 10.4. The lowest BCUT2D eigenvalue weighted by molar-refractivity contribution is -0.144. The normalized spacial score (nSPS) is 27.8. The highest BCUT2D eigenvalue weighted by Gasteiger charge is 2.65. The molecule has 2 aliphatic rings. The molecule has 0 saturated carbocycles. The second-order valence-corrected chi connectivity index (χ2v) is 9.02. The molecule has 2 saturated heterocycles. The summed E-state index contributed by atoms with van der Waals surface area (Å²) in [6.07, 6.45) is -0.415. The van der Waals surface area contributed by atoms with Gasteiger partial charge in [0.25, 0.3) is 0 Å². The van der Waals surface area contributed by atoms with Crippen LogP contribution in [0, 0.1) is 0 Å². The van der Waals surface area contributed by atoms with E-state index in [1.165, 1.54) is 0 Å². The summed E-state index contributed by atoms with van der Waals surface area (Å²) >= 11 is 0.996. The van der Waals surface area contributed by atoms with Crippen molar-refractivity contribution in [2.75, 3.05) is 6.61 Å². The number of rotatable bonds is 7. The highest BCUT2D eigenvalue weighted by molar-refractivity contribution is 7.96. The molecule has 29 heavy (non-hydrogen) atoms.